The molecule has 2 aromatic rings. The fourth-order valence-corrected chi connectivity index (χ4v) is 3.18. The summed E-state index contributed by atoms with van der Waals surface area (Å²) >= 11 is 7.21. The van der Waals surface area contributed by atoms with Crippen LogP contribution in [0.15, 0.2) is 30.5 Å². The molecule has 134 valence electrons. The molecule has 0 saturated carbocycles. The van der Waals surface area contributed by atoms with Crippen molar-refractivity contribution >= 4 is 34.8 Å². The van der Waals surface area contributed by atoms with E-state index in [2.05, 4.69) is 10.3 Å². The molecule has 25 heavy (non-hydrogen) atoms. The minimum Gasteiger partial charge on any atom is -0.351 e. The van der Waals surface area contributed by atoms with E-state index in [4.69, 9.17) is 16.8 Å². The van der Waals surface area contributed by atoms with Crippen LogP contribution in [0.3, 0.4) is 0 Å². The smallest absolute Gasteiger partial charge is 0.263 e. The predicted molar refractivity (Wildman–Crippen MR) is 97.9 cm³/mol. The van der Waals surface area contributed by atoms with Crippen LogP contribution < -0.4 is 10.8 Å². The molecule has 8 heteroatoms. The van der Waals surface area contributed by atoms with Crippen molar-refractivity contribution in [2.24, 2.45) is 0 Å². The van der Waals surface area contributed by atoms with Crippen molar-refractivity contribution in [3.63, 3.8) is 0 Å². The number of benzene rings is 1. The maximum Gasteiger partial charge on any atom is 0.263 e. The Morgan fingerprint density at radius 1 is 1.12 bits per heavy atom. The third-order valence-corrected chi connectivity index (χ3v) is 4.86. The summed E-state index contributed by atoms with van der Waals surface area (Å²) in [5, 5.41) is 12.7. The number of nitrogens with zero attached hydrogens (tertiary/aromatic N) is 1. The van der Waals surface area contributed by atoms with E-state index in [1.807, 2.05) is 12.1 Å². The zero-order valence-corrected chi connectivity index (χ0v) is 15.2. The van der Waals surface area contributed by atoms with Crippen molar-refractivity contribution in [1.29, 1.82) is 0 Å². The highest BCUT2D eigenvalue weighted by molar-refractivity contribution is 7.16. The molecule has 2 amide bonds. The molecule has 0 saturated heterocycles. The Balaban J connectivity index is 1.69. The van der Waals surface area contributed by atoms with Crippen LogP contribution in [0.25, 0.3) is 10.6 Å². The predicted octanol–water partition coefficient (Wildman–Crippen LogP) is 3.65. The second-order valence-corrected chi connectivity index (χ2v) is 6.96. The van der Waals surface area contributed by atoms with Gasteiger partial charge in [0.15, 0.2) is 0 Å². The van der Waals surface area contributed by atoms with Gasteiger partial charge in [0.1, 0.15) is 9.88 Å². The number of carbonyl (C=O) groups excluding carboxylic acids is 2. The van der Waals surface area contributed by atoms with Gasteiger partial charge in [0, 0.05) is 23.6 Å². The van der Waals surface area contributed by atoms with Crippen LogP contribution in [-0.2, 0) is 4.79 Å². The summed E-state index contributed by atoms with van der Waals surface area (Å²) in [6, 6.07) is 7.34. The van der Waals surface area contributed by atoms with Crippen LogP contribution in [0, 0.1) is 0 Å². The van der Waals surface area contributed by atoms with Gasteiger partial charge in [-0.25, -0.2) is 10.5 Å². The fraction of sp³-hybridized carbons (Fsp3) is 0.353. The van der Waals surface area contributed by atoms with Crippen LogP contribution >= 0.6 is 22.9 Å². The van der Waals surface area contributed by atoms with Crippen molar-refractivity contribution in [3.8, 4) is 10.6 Å². The molecule has 0 bridgehead atoms. The second kappa shape index (κ2) is 10.1. The molecule has 0 atom stereocenters. The molecule has 0 unspecified atom stereocenters. The van der Waals surface area contributed by atoms with Crippen molar-refractivity contribution in [2.45, 2.75) is 32.1 Å². The molecule has 1 aromatic carbocycles. The zero-order chi connectivity index (χ0) is 18.1. The lowest BCUT2D eigenvalue weighted by Gasteiger charge is -2.03. The molecule has 0 aliphatic heterocycles. The average Bonchev–Trinajstić information content (AvgIpc) is 3.11. The molecular weight excluding hydrogens is 362 g/mol. The Kier molecular flexibility index (Phi) is 7.84. The largest absolute Gasteiger partial charge is 0.351 e. The van der Waals surface area contributed by atoms with E-state index in [1.165, 1.54) is 11.3 Å². The first-order chi connectivity index (χ1) is 12.1. The van der Waals surface area contributed by atoms with Crippen molar-refractivity contribution in [2.75, 3.05) is 6.54 Å². The second-order valence-electron chi connectivity index (χ2n) is 5.49. The molecule has 1 heterocycles. The van der Waals surface area contributed by atoms with Gasteiger partial charge in [-0.1, -0.05) is 36.6 Å². The first kappa shape index (κ1) is 19.4. The summed E-state index contributed by atoms with van der Waals surface area (Å²) < 4.78 is 0. The number of hydroxylamine groups is 1. The molecule has 0 radical (unpaired) electrons. The van der Waals surface area contributed by atoms with E-state index < -0.39 is 0 Å². The number of nitrogens with one attached hydrogen (secondary N) is 2. The van der Waals surface area contributed by atoms with E-state index in [0.717, 1.165) is 36.3 Å². The number of unbranched alkanes of at least 4 members (excludes halogenated alkanes) is 3. The molecule has 0 fully saturated rings. The Bertz CT molecular complexity index is 703. The summed E-state index contributed by atoms with van der Waals surface area (Å²) in [5.74, 6) is -0.493. The maximum atomic E-state index is 12.1. The maximum absolute atomic E-state index is 12.1. The normalized spacial score (nSPS) is 10.5. The van der Waals surface area contributed by atoms with Crippen molar-refractivity contribution in [3.05, 3.63) is 40.4 Å². The van der Waals surface area contributed by atoms with Gasteiger partial charge in [-0.05, 0) is 25.0 Å². The van der Waals surface area contributed by atoms with E-state index in [-0.39, 0.29) is 11.8 Å². The first-order valence-corrected chi connectivity index (χ1v) is 9.22. The lowest BCUT2D eigenvalue weighted by Crippen LogP contribution is -2.23. The average molecular weight is 382 g/mol. The van der Waals surface area contributed by atoms with Crippen LogP contribution in [-0.4, -0.2) is 28.6 Å². The molecule has 0 spiro atoms. The van der Waals surface area contributed by atoms with Gasteiger partial charge in [0.25, 0.3) is 5.91 Å². The Hall–Kier alpha value is -1.96. The minimum atomic E-state index is -0.366. The van der Waals surface area contributed by atoms with Crippen molar-refractivity contribution < 1.29 is 14.8 Å². The van der Waals surface area contributed by atoms with Gasteiger partial charge in [0.05, 0.1) is 6.20 Å². The SMILES string of the molecule is O=C(CCCCCCNC(=O)c1cnc(-c2ccc(Cl)cc2)s1)NO. The van der Waals surface area contributed by atoms with Gasteiger partial charge in [-0.3, -0.25) is 14.8 Å². The van der Waals surface area contributed by atoms with E-state index in [0.29, 0.717) is 22.9 Å². The fourth-order valence-electron chi connectivity index (χ4n) is 2.21. The zero-order valence-electron chi connectivity index (χ0n) is 13.6. The molecule has 2 rings (SSSR count). The van der Waals surface area contributed by atoms with Crippen LogP contribution in [0.5, 0.6) is 0 Å². The standard InChI is InChI=1S/C17H20ClN3O3S/c18-13-8-6-12(7-9-13)17-20-11-14(25-17)16(23)19-10-4-2-1-3-5-15(22)21-24/h6-9,11,24H,1-5,10H2,(H,19,23)(H,21,22). The van der Waals surface area contributed by atoms with Crippen molar-refractivity contribution in [1.82, 2.24) is 15.8 Å². The van der Waals surface area contributed by atoms with Gasteiger partial charge in [0.2, 0.25) is 5.91 Å². The molecule has 6 nitrogen and oxygen atoms in total. The number of hydrogen-bond donors (Lipinski definition) is 3. The molecule has 1 aromatic heterocycles. The first-order valence-electron chi connectivity index (χ1n) is 8.03. The number of amides is 2. The minimum absolute atomic E-state index is 0.127. The monoisotopic (exact) mass is 381 g/mol. The summed E-state index contributed by atoms with van der Waals surface area (Å²) in [5.41, 5.74) is 2.54. The van der Waals surface area contributed by atoms with Crippen LogP contribution in [0.2, 0.25) is 5.02 Å². The third kappa shape index (κ3) is 6.45. The third-order valence-electron chi connectivity index (χ3n) is 3.56. The summed E-state index contributed by atoms with van der Waals surface area (Å²) in [7, 11) is 0. The summed E-state index contributed by atoms with van der Waals surface area (Å²) in [6.45, 7) is 0.583. The molecule has 0 aliphatic carbocycles. The highest BCUT2D eigenvalue weighted by Crippen LogP contribution is 2.26. The van der Waals surface area contributed by atoms with Gasteiger partial charge in [-0.15, -0.1) is 11.3 Å². The van der Waals surface area contributed by atoms with E-state index in [1.54, 1.807) is 23.8 Å². The van der Waals surface area contributed by atoms with E-state index >= 15 is 0 Å². The number of rotatable bonds is 9. The number of thiazole rings is 1. The Morgan fingerprint density at radius 2 is 1.84 bits per heavy atom. The number of hydrogen-bond acceptors (Lipinski definition) is 5. The lowest BCUT2D eigenvalue weighted by molar-refractivity contribution is -0.129. The van der Waals surface area contributed by atoms with Crippen LogP contribution in [0.1, 0.15) is 41.8 Å². The van der Waals surface area contributed by atoms with Gasteiger partial charge in [-0.2, -0.15) is 0 Å². The van der Waals surface area contributed by atoms with Gasteiger partial charge < -0.3 is 5.32 Å². The van der Waals surface area contributed by atoms with E-state index in [9.17, 15) is 9.59 Å². The topological polar surface area (TPSA) is 91.3 Å². The summed E-state index contributed by atoms with van der Waals surface area (Å²) in [4.78, 5) is 27.8. The Labute approximate surface area is 155 Å². The lowest BCUT2D eigenvalue weighted by atomic mass is 10.1. The van der Waals surface area contributed by atoms with Gasteiger partial charge >= 0.3 is 0 Å². The molecular formula is C17H20ClN3O3S. The highest BCUT2D eigenvalue weighted by atomic mass is 35.5. The highest BCUT2D eigenvalue weighted by Gasteiger charge is 2.11. The van der Waals surface area contributed by atoms with Crippen LogP contribution in [0.4, 0.5) is 0 Å². The quantitative estimate of drug-likeness (QED) is 0.351. The number of halogens is 1. The Morgan fingerprint density at radius 3 is 2.56 bits per heavy atom. The number of aromatic nitrogens is 1. The summed E-state index contributed by atoms with van der Waals surface area (Å²) in [6.07, 6.45) is 5.26. The molecule has 3 N–H and O–H groups in total. The number of carbonyl (C=O) groups is 2. The molecule has 0 aliphatic rings.